The summed E-state index contributed by atoms with van der Waals surface area (Å²) in [6.45, 7) is 14.1. The lowest BCUT2D eigenvalue weighted by atomic mass is 9.89. The fourth-order valence-corrected chi connectivity index (χ4v) is 4.17. The van der Waals surface area contributed by atoms with E-state index in [9.17, 15) is 9.59 Å². The Kier molecular flexibility index (Phi) is 11.1. The zero-order chi connectivity index (χ0) is 22.7. The molecule has 1 amide bonds. The zero-order valence-electron chi connectivity index (χ0n) is 19.4. The van der Waals surface area contributed by atoms with Gasteiger partial charge in [-0.15, -0.1) is 0 Å². The number of unbranched alkanes of at least 4 members (excludes halogenated alkanes) is 3. The molecule has 0 fully saturated rings. The predicted molar refractivity (Wildman–Crippen MR) is 123 cm³/mol. The van der Waals surface area contributed by atoms with E-state index in [1.54, 1.807) is 17.0 Å². The molecule has 1 atom stereocenters. The van der Waals surface area contributed by atoms with E-state index in [0.717, 1.165) is 31.2 Å². The maximum atomic E-state index is 12.9. The van der Waals surface area contributed by atoms with Gasteiger partial charge in [0.25, 0.3) is 0 Å². The van der Waals surface area contributed by atoms with Crippen LogP contribution in [-0.4, -0.2) is 50.3 Å². The number of aromatic carboxylic acids is 1. The van der Waals surface area contributed by atoms with Crippen LogP contribution in [0.3, 0.4) is 0 Å². The highest BCUT2D eigenvalue weighted by Crippen LogP contribution is 2.24. The van der Waals surface area contributed by atoms with Crippen LogP contribution in [0.15, 0.2) is 24.3 Å². The van der Waals surface area contributed by atoms with Crippen molar-refractivity contribution in [2.75, 3.05) is 13.1 Å². The summed E-state index contributed by atoms with van der Waals surface area (Å²) in [4.78, 5) is 25.6. The van der Waals surface area contributed by atoms with Crippen LogP contribution < -0.4 is 0 Å². The van der Waals surface area contributed by atoms with Crippen LogP contribution in [0.2, 0.25) is 13.1 Å². The molecule has 0 saturated heterocycles. The second-order valence-electron chi connectivity index (χ2n) is 9.10. The summed E-state index contributed by atoms with van der Waals surface area (Å²) in [5, 5.41) is 9.00. The molecule has 1 aromatic carbocycles. The number of hydrogen-bond acceptors (Lipinski definition) is 4. The van der Waals surface area contributed by atoms with E-state index >= 15 is 0 Å². The number of carboxylic acid groups (broad SMARTS) is 1. The lowest BCUT2D eigenvalue weighted by Crippen LogP contribution is -2.46. The maximum absolute atomic E-state index is 12.9. The molecule has 170 valence electrons. The second-order valence-corrected chi connectivity index (χ2v) is 11.5. The summed E-state index contributed by atoms with van der Waals surface area (Å²) in [5.74, 6) is -0.973. The highest BCUT2D eigenvalue weighted by Gasteiger charge is 2.30. The van der Waals surface area contributed by atoms with Gasteiger partial charge in [0.2, 0.25) is 0 Å². The Morgan fingerprint density at radius 1 is 1.10 bits per heavy atom. The van der Waals surface area contributed by atoms with Gasteiger partial charge in [-0.05, 0) is 42.6 Å². The normalized spacial score (nSPS) is 12.6. The molecule has 0 aromatic heterocycles. The molecule has 1 N–H and O–H groups in total. The van der Waals surface area contributed by atoms with E-state index in [1.165, 1.54) is 12.1 Å². The van der Waals surface area contributed by atoms with Crippen LogP contribution in [0.1, 0.15) is 69.3 Å². The lowest BCUT2D eigenvalue weighted by molar-refractivity contribution is 0.0352. The van der Waals surface area contributed by atoms with Crippen molar-refractivity contribution in [3.63, 3.8) is 0 Å². The number of hydrogen-bond donors (Lipinski definition) is 1. The second kappa shape index (κ2) is 12.7. The van der Waals surface area contributed by atoms with Crippen LogP contribution in [-0.2, 0) is 15.8 Å². The summed E-state index contributed by atoms with van der Waals surface area (Å²) in [6.07, 6.45) is 3.92. The highest BCUT2D eigenvalue weighted by atomic mass is 28.3. The van der Waals surface area contributed by atoms with Crippen LogP contribution >= 0.6 is 0 Å². The molecule has 0 aliphatic rings. The van der Waals surface area contributed by atoms with Crippen molar-refractivity contribution in [2.45, 2.75) is 79.2 Å². The van der Waals surface area contributed by atoms with Gasteiger partial charge in [0.15, 0.2) is 9.04 Å². The molecule has 1 aromatic rings. The standard InChI is InChI=1S/C23H39NO5Si/c1-7-8-9-10-15-24(16-20(23(2,3)4)29-30(5)6)22(27)28-17-18-11-13-19(14-12-18)21(25)26/h11-14,20,30H,7-10,15-17H2,1-6H3,(H,25,26). The topological polar surface area (TPSA) is 76.1 Å². The molecule has 0 aliphatic carbocycles. The molecule has 6 nitrogen and oxygen atoms in total. The van der Waals surface area contributed by atoms with Gasteiger partial charge >= 0.3 is 12.1 Å². The summed E-state index contributed by atoms with van der Waals surface area (Å²) in [5.41, 5.74) is 0.898. The molecular weight excluding hydrogens is 398 g/mol. The van der Waals surface area contributed by atoms with E-state index in [0.29, 0.717) is 13.1 Å². The van der Waals surface area contributed by atoms with Gasteiger partial charge in [-0.1, -0.05) is 59.1 Å². The van der Waals surface area contributed by atoms with Crippen LogP contribution in [0.5, 0.6) is 0 Å². The number of carbonyl (C=O) groups excluding carboxylic acids is 1. The van der Waals surface area contributed by atoms with Gasteiger partial charge in [0.1, 0.15) is 6.61 Å². The average molecular weight is 438 g/mol. The first kappa shape index (κ1) is 26.2. The van der Waals surface area contributed by atoms with Crippen LogP contribution in [0.4, 0.5) is 4.79 Å². The Morgan fingerprint density at radius 3 is 2.23 bits per heavy atom. The molecular formula is C23H39NO5Si. The fraction of sp³-hybridized carbons (Fsp3) is 0.652. The number of nitrogens with zero attached hydrogens (tertiary/aromatic N) is 1. The third kappa shape index (κ3) is 9.76. The molecule has 1 unspecified atom stereocenters. The van der Waals surface area contributed by atoms with Crippen molar-refractivity contribution in [2.24, 2.45) is 5.41 Å². The molecule has 0 bridgehead atoms. The van der Waals surface area contributed by atoms with E-state index < -0.39 is 15.0 Å². The van der Waals surface area contributed by atoms with Crippen LogP contribution in [0.25, 0.3) is 0 Å². The molecule has 30 heavy (non-hydrogen) atoms. The lowest BCUT2D eigenvalue weighted by Gasteiger charge is -2.36. The molecule has 0 heterocycles. The van der Waals surface area contributed by atoms with Gasteiger partial charge in [-0.2, -0.15) is 0 Å². The first-order valence-electron chi connectivity index (χ1n) is 10.9. The quantitative estimate of drug-likeness (QED) is 0.354. The number of carbonyl (C=O) groups is 2. The Bertz CT molecular complexity index is 655. The van der Waals surface area contributed by atoms with Crippen molar-refractivity contribution < 1.29 is 23.9 Å². The van der Waals surface area contributed by atoms with E-state index in [1.807, 2.05) is 0 Å². The molecule has 0 spiro atoms. The Morgan fingerprint density at radius 2 is 1.73 bits per heavy atom. The van der Waals surface area contributed by atoms with Crippen molar-refractivity contribution in [1.29, 1.82) is 0 Å². The van der Waals surface area contributed by atoms with Crippen molar-refractivity contribution >= 4 is 21.1 Å². The van der Waals surface area contributed by atoms with Gasteiger partial charge in [-0.25, -0.2) is 9.59 Å². The van der Waals surface area contributed by atoms with Gasteiger partial charge < -0.3 is 19.2 Å². The third-order valence-corrected chi connectivity index (χ3v) is 5.76. The first-order chi connectivity index (χ1) is 14.0. The minimum Gasteiger partial charge on any atom is -0.478 e. The first-order valence-corrected chi connectivity index (χ1v) is 13.7. The van der Waals surface area contributed by atoms with E-state index in [4.69, 9.17) is 14.3 Å². The fourth-order valence-electron chi connectivity index (χ4n) is 3.02. The molecule has 1 rings (SSSR count). The van der Waals surface area contributed by atoms with E-state index in [2.05, 4.69) is 40.8 Å². The number of ether oxygens (including phenoxy) is 1. The number of amides is 1. The van der Waals surface area contributed by atoms with Crippen molar-refractivity contribution in [3.8, 4) is 0 Å². The summed E-state index contributed by atoms with van der Waals surface area (Å²) in [7, 11) is -1.26. The largest absolute Gasteiger partial charge is 0.478 e. The molecule has 0 saturated carbocycles. The van der Waals surface area contributed by atoms with E-state index in [-0.39, 0.29) is 29.8 Å². The Labute approximate surface area is 183 Å². The highest BCUT2D eigenvalue weighted by molar-refractivity contribution is 6.48. The summed E-state index contributed by atoms with van der Waals surface area (Å²) in [6, 6.07) is 6.39. The monoisotopic (exact) mass is 437 g/mol. The molecule has 0 aliphatic heterocycles. The summed E-state index contributed by atoms with van der Waals surface area (Å²) < 4.78 is 11.8. The average Bonchev–Trinajstić information content (AvgIpc) is 2.66. The minimum absolute atomic E-state index is 0.0438. The Balaban J connectivity index is 2.80. The predicted octanol–water partition coefficient (Wildman–Crippen LogP) is 5.32. The van der Waals surface area contributed by atoms with Crippen molar-refractivity contribution in [3.05, 3.63) is 35.4 Å². The number of benzene rings is 1. The number of carboxylic acids is 1. The van der Waals surface area contributed by atoms with Crippen LogP contribution in [0, 0.1) is 5.41 Å². The Hall–Kier alpha value is -1.86. The molecule has 7 heteroatoms. The number of rotatable bonds is 12. The van der Waals surface area contributed by atoms with Gasteiger partial charge in [0.05, 0.1) is 11.7 Å². The zero-order valence-corrected chi connectivity index (χ0v) is 20.6. The third-order valence-electron chi connectivity index (χ3n) is 4.89. The van der Waals surface area contributed by atoms with Crippen molar-refractivity contribution in [1.82, 2.24) is 4.90 Å². The van der Waals surface area contributed by atoms with Gasteiger partial charge in [-0.3, -0.25) is 0 Å². The SMILES string of the molecule is CCCCCCN(CC(O[SiH](C)C)C(C)(C)C)C(=O)OCc1ccc(C(=O)O)cc1. The maximum Gasteiger partial charge on any atom is 0.410 e. The minimum atomic E-state index is -1.26. The summed E-state index contributed by atoms with van der Waals surface area (Å²) >= 11 is 0. The molecule has 0 radical (unpaired) electrons. The van der Waals surface area contributed by atoms with Gasteiger partial charge in [0, 0.05) is 13.1 Å². The smallest absolute Gasteiger partial charge is 0.410 e.